The van der Waals surface area contributed by atoms with Crippen LogP contribution in [0.25, 0.3) is 0 Å². The number of hydrogen-bond acceptors (Lipinski definition) is 3. The van der Waals surface area contributed by atoms with Crippen molar-refractivity contribution in [3.8, 4) is 0 Å². The normalized spacial score (nSPS) is 13.2. The highest BCUT2D eigenvalue weighted by Crippen LogP contribution is 2.14. The smallest absolute Gasteiger partial charge is 0.272 e. The van der Waals surface area contributed by atoms with Crippen molar-refractivity contribution in [1.82, 2.24) is 10.6 Å². The third kappa shape index (κ3) is 3.56. The van der Waals surface area contributed by atoms with Crippen LogP contribution in [0.1, 0.15) is 5.56 Å². The predicted molar refractivity (Wildman–Crippen MR) is 61.6 cm³/mol. The fourth-order valence-electron chi connectivity index (χ4n) is 1.21. The van der Waals surface area contributed by atoms with Gasteiger partial charge < -0.3 is 10.6 Å². The fraction of sp³-hybridized carbons (Fsp3) is 0.300. The summed E-state index contributed by atoms with van der Waals surface area (Å²) in [5.74, 6) is 0.454. The Balaban J connectivity index is 0.000000181. The quantitative estimate of drug-likeness (QED) is 0.488. The van der Waals surface area contributed by atoms with E-state index >= 15 is 0 Å². The average molecular weight is 222 g/mol. The maximum absolute atomic E-state index is 10.2. The van der Waals surface area contributed by atoms with Gasteiger partial charge in [-0.2, -0.15) is 0 Å². The van der Waals surface area contributed by atoms with Gasteiger partial charge in [0, 0.05) is 24.7 Å². The van der Waals surface area contributed by atoms with E-state index < -0.39 is 0 Å². The van der Waals surface area contributed by atoms with Crippen LogP contribution in [0.2, 0.25) is 0 Å². The number of guanidine groups is 1. The molecule has 0 unspecified atom stereocenters. The van der Waals surface area contributed by atoms with Gasteiger partial charge in [-0.1, -0.05) is 18.2 Å². The molecule has 0 saturated carbocycles. The fourth-order valence-corrected chi connectivity index (χ4v) is 1.21. The summed E-state index contributed by atoms with van der Waals surface area (Å²) < 4.78 is 0. The van der Waals surface area contributed by atoms with Gasteiger partial charge in [-0.05, 0) is 6.92 Å². The number of nitrogens with zero attached hydrogens (tertiary/aromatic N) is 1. The second-order valence-corrected chi connectivity index (χ2v) is 3.27. The van der Waals surface area contributed by atoms with Crippen LogP contribution in [0.4, 0.5) is 5.69 Å². The highest BCUT2D eigenvalue weighted by molar-refractivity contribution is 5.78. The maximum Gasteiger partial charge on any atom is 0.272 e. The number of nitro benzene ring substituents is 1. The molecular weight excluding hydrogens is 208 g/mol. The summed E-state index contributed by atoms with van der Waals surface area (Å²) >= 11 is 0. The highest BCUT2D eigenvalue weighted by Gasteiger charge is 2.06. The minimum Gasteiger partial charge on any atom is -0.355 e. The van der Waals surface area contributed by atoms with Crippen LogP contribution in [0.3, 0.4) is 0 Å². The van der Waals surface area contributed by atoms with Crippen molar-refractivity contribution in [1.29, 1.82) is 5.41 Å². The van der Waals surface area contributed by atoms with Crippen LogP contribution in [0.5, 0.6) is 0 Å². The highest BCUT2D eigenvalue weighted by atomic mass is 16.6. The zero-order chi connectivity index (χ0) is 12.0. The summed E-state index contributed by atoms with van der Waals surface area (Å²) in [6.07, 6.45) is 0. The molecule has 0 bridgehead atoms. The molecule has 1 saturated heterocycles. The first kappa shape index (κ1) is 12.0. The van der Waals surface area contributed by atoms with E-state index in [9.17, 15) is 10.1 Å². The molecule has 1 aromatic rings. The number of aryl methyl sites for hydroxylation is 1. The molecular formula is C10H14N4O2. The van der Waals surface area contributed by atoms with Gasteiger partial charge in [0.1, 0.15) is 0 Å². The Labute approximate surface area is 93.3 Å². The van der Waals surface area contributed by atoms with Crippen LogP contribution >= 0.6 is 0 Å². The van der Waals surface area contributed by atoms with Gasteiger partial charge in [-0.3, -0.25) is 15.5 Å². The molecule has 6 nitrogen and oxygen atoms in total. The Kier molecular flexibility index (Phi) is 4.26. The van der Waals surface area contributed by atoms with Crippen molar-refractivity contribution in [2.45, 2.75) is 6.92 Å². The number of nitrogens with one attached hydrogen (secondary N) is 3. The third-order valence-electron chi connectivity index (χ3n) is 2.04. The molecule has 2 rings (SSSR count). The van der Waals surface area contributed by atoms with Crippen LogP contribution in [-0.4, -0.2) is 24.0 Å². The number of benzene rings is 1. The van der Waals surface area contributed by atoms with E-state index in [1.807, 2.05) is 0 Å². The molecule has 0 spiro atoms. The van der Waals surface area contributed by atoms with Crippen LogP contribution < -0.4 is 10.6 Å². The zero-order valence-electron chi connectivity index (χ0n) is 8.99. The second-order valence-electron chi connectivity index (χ2n) is 3.27. The standard InChI is InChI=1S/C7H7NO2.C3H7N3/c1-6-4-2-3-5-7(6)8(9)10;4-3-5-1-2-6-3/h2-5H,1H3;1-2H2,(H3,4,5,6). The summed E-state index contributed by atoms with van der Waals surface area (Å²) in [5.41, 5.74) is 0.884. The molecule has 0 aromatic heterocycles. The predicted octanol–water partition coefficient (Wildman–Crippen LogP) is 1.02. The molecule has 86 valence electrons. The van der Waals surface area contributed by atoms with Gasteiger partial charge in [-0.25, -0.2) is 0 Å². The average Bonchev–Trinajstić information content (AvgIpc) is 2.70. The second kappa shape index (κ2) is 5.69. The monoisotopic (exact) mass is 222 g/mol. The van der Waals surface area contributed by atoms with E-state index in [2.05, 4.69) is 10.6 Å². The number of nitro groups is 1. The lowest BCUT2D eigenvalue weighted by atomic mass is 10.2. The molecule has 1 aromatic carbocycles. The van der Waals surface area contributed by atoms with Gasteiger partial charge in [-0.15, -0.1) is 0 Å². The number of para-hydroxylation sites is 1. The SMILES string of the molecule is Cc1ccccc1[N+](=O)[O-].N=C1NCCN1. The molecule has 1 heterocycles. The van der Waals surface area contributed by atoms with Gasteiger partial charge >= 0.3 is 0 Å². The lowest BCUT2D eigenvalue weighted by Crippen LogP contribution is -2.21. The van der Waals surface area contributed by atoms with Crippen molar-refractivity contribution in [2.75, 3.05) is 13.1 Å². The van der Waals surface area contributed by atoms with Crippen molar-refractivity contribution in [3.05, 3.63) is 39.9 Å². The topological polar surface area (TPSA) is 91.1 Å². The van der Waals surface area contributed by atoms with Crippen molar-refractivity contribution < 1.29 is 4.92 Å². The Hall–Kier alpha value is -2.11. The molecule has 16 heavy (non-hydrogen) atoms. The zero-order valence-corrected chi connectivity index (χ0v) is 8.99. The first-order valence-electron chi connectivity index (χ1n) is 4.87. The summed E-state index contributed by atoms with van der Waals surface area (Å²) in [4.78, 5) is 9.85. The van der Waals surface area contributed by atoms with Gasteiger partial charge in [0.05, 0.1) is 4.92 Å². The third-order valence-corrected chi connectivity index (χ3v) is 2.04. The van der Waals surface area contributed by atoms with E-state index in [4.69, 9.17) is 5.41 Å². The van der Waals surface area contributed by atoms with E-state index in [1.165, 1.54) is 6.07 Å². The van der Waals surface area contributed by atoms with E-state index in [0.717, 1.165) is 13.1 Å². The Bertz CT molecular complexity index is 384. The van der Waals surface area contributed by atoms with E-state index in [1.54, 1.807) is 25.1 Å². The summed E-state index contributed by atoms with van der Waals surface area (Å²) in [7, 11) is 0. The molecule has 1 fully saturated rings. The van der Waals surface area contributed by atoms with E-state index in [-0.39, 0.29) is 10.6 Å². The first-order chi connectivity index (χ1) is 7.61. The van der Waals surface area contributed by atoms with Crippen LogP contribution in [-0.2, 0) is 0 Å². The van der Waals surface area contributed by atoms with E-state index in [0.29, 0.717) is 11.5 Å². The number of hydrogen-bond donors (Lipinski definition) is 3. The molecule has 0 radical (unpaired) electrons. The first-order valence-corrected chi connectivity index (χ1v) is 4.87. The van der Waals surface area contributed by atoms with Crippen molar-refractivity contribution in [2.24, 2.45) is 0 Å². The molecule has 0 amide bonds. The summed E-state index contributed by atoms with van der Waals surface area (Å²) in [5, 5.41) is 22.6. The van der Waals surface area contributed by atoms with Crippen LogP contribution in [0.15, 0.2) is 24.3 Å². The van der Waals surface area contributed by atoms with Crippen molar-refractivity contribution >= 4 is 11.6 Å². The molecule has 1 aliphatic heterocycles. The largest absolute Gasteiger partial charge is 0.355 e. The minimum atomic E-state index is -0.380. The minimum absolute atomic E-state index is 0.183. The molecule has 1 aliphatic rings. The molecule has 0 atom stereocenters. The lowest BCUT2D eigenvalue weighted by molar-refractivity contribution is -0.385. The summed E-state index contributed by atoms with van der Waals surface area (Å²) in [6.45, 7) is 3.52. The number of rotatable bonds is 1. The Morgan fingerprint density at radius 2 is 1.88 bits per heavy atom. The van der Waals surface area contributed by atoms with Gasteiger partial charge in [0.25, 0.3) is 5.69 Å². The molecule has 6 heteroatoms. The Morgan fingerprint density at radius 3 is 2.19 bits per heavy atom. The molecule has 3 N–H and O–H groups in total. The molecule has 0 aliphatic carbocycles. The van der Waals surface area contributed by atoms with Gasteiger partial charge in [0.15, 0.2) is 5.96 Å². The van der Waals surface area contributed by atoms with Crippen LogP contribution in [0, 0.1) is 22.4 Å². The lowest BCUT2D eigenvalue weighted by Gasteiger charge is -1.92. The van der Waals surface area contributed by atoms with Crippen molar-refractivity contribution in [3.63, 3.8) is 0 Å². The van der Waals surface area contributed by atoms with Gasteiger partial charge in [0.2, 0.25) is 0 Å². The Morgan fingerprint density at radius 1 is 1.31 bits per heavy atom. The maximum atomic E-state index is 10.2. The summed E-state index contributed by atoms with van der Waals surface area (Å²) in [6, 6.07) is 6.65.